The van der Waals surface area contributed by atoms with Crippen molar-refractivity contribution in [3.8, 4) is 5.75 Å². The second-order valence-electron chi connectivity index (χ2n) is 7.10. The van der Waals surface area contributed by atoms with Crippen molar-refractivity contribution in [3.63, 3.8) is 0 Å². The SMILES string of the molecule is COc1cc(C)c(S(=O)(=O)NCc2ccccc2CN2CCCC2=O)cc1C. The number of likely N-dealkylation sites (tertiary alicyclic amines) is 1. The Morgan fingerprint density at radius 2 is 1.82 bits per heavy atom. The summed E-state index contributed by atoms with van der Waals surface area (Å²) >= 11 is 0. The molecule has 1 amide bonds. The van der Waals surface area contributed by atoms with Crippen molar-refractivity contribution in [3.05, 3.63) is 58.7 Å². The molecule has 1 aliphatic heterocycles. The van der Waals surface area contributed by atoms with Crippen LogP contribution >= 0.6 is 0 Å². The van der Waals surface area contributed by atoms with Gasteiger partial charge in [-0.15, -0.1) is 0 Å². The van der Waals surface area contributed by atoms with E-state index in [1.165, 1.54) is 0 Å². The zero-order chi connectivity index (χ0) is 20.3. The maximum atomic E-state index is 12.9. The summed E-state index contributed by atoms with van der Waals surface area (Å²) in [4.78, 5) is 14.0. The molecule has 1 saturated heterocycles. The molecule has 28 heavy (non-hydrogen) atoms. The van der Waals surface area contributed by atoms with Gasteiger partial charge < -0.3 is 9.64 Å². The van der Waals surface area contributed by atoms with Gasteiger partial charge in [0.05, 0.1) is 12.0 Å². The van der Waals surface area contributed by atoms with Gasteiger partial charge in [0.1, 0.15) is 5.75 Å². The number of benzene rings is 2. The summed E-state index contributed by atoms with van der Waals surface area (Å²) in [5.74, 6) is 0.816. The molecular weight excluding hydrogens is 376 g/mol. The number of hydrogen-bond donors (Lipinski definition) is 1. The fourth-order valence-corrected chi connectivity index (χ4v) is 4.80. The van der Waals surface area contributed by atoms with Crippen LogP contribution in [0.25, 0.3) is 0 Å². The average Bonchev–Trinajstić information content (AvgIpc) is 3.07. The molecular formula is C21H26N2O4S. The molecule has 2 aromatic rings. The predicted octanol–water partition coefficient (Wildman–Crippen LogP) is 2.91. The highest BCUT2D eigenvalue weighted by molar-refractivity contribution is 7.89. The van der Waals surface area contributed by atoms with E-state index in [9.17, 15) is 13.2 Å². The van der Waals surface area contributed by atoms with Gasteiger partial charge in [0, 0.05) is 26.1 Å². The fraction of sp³-hybridized carbons (Fsp3) is 0.381. The van der Waals surface area contributed by atoms with Crippen molar-refractivity contribution in [1.82, 2.24) is 9.62 Å². The van der Waals surface area contributed by atoms with Crippen molar-refractivity contribution in [2.75, 3.05) is 13.7 Å². The molecule has 1 heterocycles. The summed E-state index contributed by atoms with van der Waals surface area (Å²) < 4.78 is 33.7. The minimum Gasteiger partial charge on any atom is -0.496 e. The zero-order valence-electron chi connectivity index (χ0n) is 16.5. The third-order valence-electron chi connectivity index (χ3n) is 5.09. The minimum atomic E-state index is -3.68. The molecule has 1 fully saturated rings. The molecule has 0 spiro atoms. The topological polar surface area (TPSA) is 75.7 Å². The van der Waals surface area contributed by atoms with E-state index in [0.29, 0.717) is 24.3 Å². The van der Waals surface area contributed by atoms with Gasteiger partial charge in [-0.3, -0.25) is 4.79 Å². The molecule has 3 rings (SSSR count). The summed E-state index contributed by atoms with van der Waals surface area (Å²) in [6.07, 6.45) is 1.47. The summed E-state index contributed by atoms with van der Waals surface area (Å²) in [6.45, 7) is 5.01. The molecule has 1 N–H and O–H groups in total. The predicted molar refractivity (Wildman–Crippen MR) is 108 cm³/mol. The van der Waals surface area contributed by atoms with Gasteiger partial charge in [0.25, 0.3) is 0 Å². The second-order valence-corrected chi connectivity index (χ2v) is 8.83. The number of sulfonamides is 1. The molecule has 150 valence electrons. The highest BCUT2D eigenvalue weighted by Gasteiger charge is 2.22. The van der Waals surface area contributed by atoms with E-state index < -0.39 is 10.0 Å². The van der Waals surface area contributed by atoms with Crippen LogP contribution in [0.3, 0.4) is 0 Å². The number of carbonyl (C=O) groups is 1. The molecule has 0 aliphatic carbocycles. The molecule has 0 atom stereocenters. The van der Waals surface area contributed by atoms with E-state index in [1.54, 1.807) is 26.2 Å². The minimum absolute atomic E-state index is 0.153. The molecule has 1 aliphatic rings. The van der Waals surface area contributed by atoms with Gasteiger partial charge in [0.2, 0.25) is 15.9 Å². The first kappa shape index (κ1) is 20.4. The van der Waals surface area contributed by atoms with Crippen LogP contribution in [-0.2, 0) is 27.9 Å². The van der Waals surface area contributed by atoms with Gasteiger partial charge in [-0.1, -0.05) is 24.3 Å². The Balaban J connectivity index is 1.78. The summed E-state index contributed by atoms with van der Waals surface area (Å²) in [5.41, 5.74) is 3.23. The van der Waals surface area contributed by atoms with E-state index in [0.717, 1.165) is 29.7 Å². The molecule has 0 saturated carbocycles. The Morgan fingerprint density at radius 3 is 2.46 bits per heavy atom. The lowest BCUT2D eigenvalue weighted by atomic mass is 10.1. The Labute approximate surface area is 166 Å². The Hall–Kier alpha value is -2.38. The third kappa shape index (κ3) is 4.36. The van der Waals surface area contributed by atoms with E-state index in [-0.39, 0.29) is 17.3 Å². The molecule has 2 aromatic carbocycles. The fourth-order valence-electron chi connectivity index (χ4n) is 3.48. The number of carbonyl (C=O) groups excluding carboxylic acids is 1. The second kappa shape index (κ2) is 8.32. The Morgan fingerprint density at radius 1 is 1.11 bits per heavy atom. The normalized spacial score (nSPS) is 14.5. The van der Waals surface area contributed by atoms with E-state index in [1.807, 2.05) is 36.1 Å². The molecule has 7 heteroatoms. The number of hydrogen-bond acceptors (Lipinski definition) is 4. The van der Waals surface area contributed by atoms with Gasteiger partial charge in [-0.2, -0.15) is 0 Å². The summed E-state index contributed by atoms with van der Waals surface area (Å²) in [5, 5.41) is 0. The van der Waals surface area contributed by atoms with Crippen LogP contribution < -0.4 is 9.46 Å². The number of methoxy groups -OCH3 is 1. The van der Waals surface area contributed by atoms with Crippen LogP contribution in [0.5, 0.6) is 5.75 Å². The van der Waals surface area contributed by atoms with Crippen molar-refractivity contribution in [2.24, 2.45) is 0 Å². The van der Waals surface area contributed by atoms with Crippen molar-refractivity contribution in [2.45, 2.75) is 44.7 Å². The number of amides is 1. The number of ether oxygens (including phenoxy) is 1. The van der Waals surface area contributed by atoms with E-state index in [4.69, 9.17) is 4.74 Å². The van der Waals surface area contributed by atoms with Gasteiger partial charge in [0.15, 0.2) is 0 Å². The third-order valence-corrected chi connectivity index (χ3v) is 6.63. The Kier molecular flexibility index (Phi) is 6.05. The first-order chi connectivity index (χ1) is 13.3. The Bertz CT molecular complexity index is 986. The van der Waals surface area contributed by atoms with E-state index >= 15 is 0 Å². The number of aryl methyl sites for hydroxylation is 2. The molecule has 0 bridgehead atoms. The number of nitrogens with zero attached hydrogens (tertiary/aromatic N) is 1. The zero-order valence-corrected chi connectivity index (χ0v) is 17.3. The van der Waals surface area contributed by atoms with Gasteiger partial charge >= 0.3 is 0 Å². The lowest BCUT2D eigenvalue weighted by Crippen LogP contribution is -2.27. The van der Waals surface area contributed by atoms with Crippen molar-refractivity contribution in [1.29, 1.82) is 0 Å². The van der Waals surface area contributed by atoms with Gasteiger partial charge in [-0.25, -0.2) is 13.1 Å². The number of nitrogens with one attached hydrogen (secondary N) is 1. The summed E-state index contributed by atoms with van der Waals surface area (Å²) in [7, 11) is -2.11. The van der Waals surface area contributed by atoms with Crippen LogP contribution in [0.4, 0.5) is 0 Å². The monoisotopic (exact) mass is 402 g/mol. The lowest BCUT2D eigenvalue weighted by molar-refractivity contribution is -0.128. The average molecular weight is 403 g/mol. The van der Waals surface area contributed by atoms with Gasteiger partial charge in [-0.05, 0) is 54.7 Å². The van der Waals surface area contributed by atoms with Crippen molar-refractivity contribution < 1.29 is 17.9 Å². The lowest BCUT2D eigenvalue weighted by Gasteiger charge is -2.18. The standard InChI is InChI=1S/C21H26N2O4S/c1-15-12-20(16(2)11-19(15)27-3)28(25,26)22-13-17-7-4-5-8-18(17)14-23-10-6-9-21(23)24/h4-5,7-8,11-12,22H,6,9-10,13-14H2,1-3H3. The molecule has 0 radical (unpaired) electrons. The maximum Gasteiger partial charge on any atom is 0.241 e. The van der Waals surface area contributed by atoms with Crippen LogP contribution in [0.1, 0.15) is 35.1 Å². The molecule has 0 aromatic heterocycles. The van der Waals surface area contributed by atoms with Crippen LogP contribution in [-0.4, -0.2) is 32.9 Å². The number of rotatable bonds is 7. The first-order valence-electron chi connectivity index (χ1n) is 9.31. The molecule has 6 nitrogen and oxygen atoms in total. The highest BCUT2D eigenvalue weighted by Crippen LogP contribution is 2.26. The smallest absolute Gasteiger partial charge is 0.241 e. The van der Waals surface area contributed by atoms with Crippen LogP contribution in [0, 0.1) is 13.8 Å². The largest absolute Gasteiger partial charge is 0.496 e. The quantitative estimate of drug-likeness (QED) is 0.773. The van der Waals surface area contributed by atoms with Crippen LogP contribution in [0.15, 0.2) is 41.3 Å². The molecule has 0 unspecified atom stereocenters. The van der Waals surface area contributed by atoms with Crippen LogP contribution in [0.2, 0.25) is 0 Å². The first-order valence-corrected chi connectivity index (χ1v) is 10.8. The summed E-state index contributed by atoms with van der Waals surface area (Å²) in [6, 6.07) is 11.0. The maximum absolute atomic E-state index is 12.9. The highest BCUT2D eigenvalue weighted by atomic mass is 32.2. The van der Waals surface area contributed by atoms with E-state index in [2.05, 4.69) is 4.72 Å². The van der Waals surface area contributed by atoms with Crippen molar-refractivity contribution >= 4 is 15.9 Å².